The number of rotatable bonds is 3. The van der Waals surface area contributed by atoms with Crippen LogP contribution in [0.15, 0.2) is 0 Å². The molecule has 0 aliphatic carbocycles. The zero-order valence-electron chi connectivity index (χ0n) is 17.1. The third kappa shape index (κ3) is 4.72. The van der Waals surface area contributed by atoms with Gasteiger partial charge in [0.2, 0.25) is 0 Å². The first kappa shape index (κ1) is 29.7. The van der Waals surface area contributed by atoms with Crippen molar-refractivity contribution in [2.45, 2.75) is 26.7 Å². The standard InChI is InChI=1S/C22H10Cl12/c1-4-11(23)17(29)8(18(30)12(4)24)7(9-19(31)13(25)5(2)14(26)20(9)32)10-21(33)15(27)6(3)16(28)22(10)34/h7H,1-3H3. The van der Waals surface area contributed by atoms with Crippen molar-refractivity contribution in [2.75, 3.05) is 0 Å². The maximum atomic E-state index is 6.72. The lowest BCUT2D eigenvalue weighted by molar-refractivity contribution is 0.974. The van der Waals surface area contributed by atoms with Gasteiger partial charge in [-0.3, -0.25) is 0 Å². The van der Waals surface area contributed by atoms with E-state index in [0.29, 0.717) is 16.7 Å². The van der Waals surface area contributed by atoms with E-state index in [0.717, 1.165) is 0 Å². The summed E-state index contributed by atoms with van der Waals surface area (Å²) in [5.74, 6) is -1.07. The highest BCUT2D eigenvalue weighted by atomic mass is 35.5. The van der Waals surface area contributed by atoms with Crippen molar-refractivity contribution < 1.29 is 0 Å². The Labute approximate surface area is 257 Å². The van der Waals surface area contributed by atoms with Gasteiger partial charge < -0.3 is 0 Å². The summed E-state index contributed by atoms with van der Waals surface area (Å²) in [7, 11) is 0. The first-order valence-electron chi connectivity index (χ1n) is 9.13. The van der Waals surface area contributed by atoms with Gasteiger partial charge in [0, 0.05) is 22.6 Å². The molecule has 0 unspecified atom stereocenters. The molecule has 0 fully saturated rings. The molecule has 0 radical (unpaired) electrons. The molecule has 0 nitrogen and oxygen atoms in total. The van der Waals surface area contributed by atoms with Gasteiger partial charge in [0.1, 0.15) is 0 Å². The van der Waals surface area contributed by atoms with E-state index >= 15 is 0 Å². The van der Waals surface area contributed by atoms with Gasteiger partial charge in [-0.05, 0) is 37.5 Å². The maximum absolute atomic E-state index is 6.72. The summed E-state index contributed by atoms with van der Waals surface area (Å²) in [6.45, 7) is 5.00. The fourth-order valence-electron chi connectivity index (χ4n) is 3.47. The van der Waals surface area contributed by atoms with Crippen LogP contribution in [-0.4, -0.2) is 0 Å². The quantitative estimate of drug-likeness (QED) is 0.189. The van der Waals surface area contributed by atoms with Gasteiger partial charge in [-0.15, -0.1) is 0 Å². The fourth-order valence-corrected chi connectivity index (χ4v) is 7.01. The highest BCUT2D eigenvalue weighted by Gasteiger charge is 2.36. The Balaban J connectivity index is 2.68. The van der Waals surface area contributed by atoms with E-state index in [9.17, 15) is 0 Å². The van der Waals surface area contributed by atoms with Gasteiger partial charge in [-0.1, -0.05) is 139 Å². The smallest absolute Gasteiger partial charge is 0.0652 e. The van der Waals surface area contributed by atoms with Crippen LogP contribution in [0.25, 0.3) is 0 Å². The first-order valence-corrected chi connectivity index (χ1v) is 13.7. The maximum Gasteiger partial charge on any atom is 0.0652 e. The van der Waals surface area contributed by atoms with E-state index in [1.54, 1.807) is 20.8 Å². The Bertz CT molecular complexity index is 1110. The van der Waals surface area contributed by atoms with E-state index in [4.69, 9.17) is 139 Å². The lowest BCUT2D eigenvalue weighted by Gasteiger charge is -2.29. The largest absolute Gasteiger partial charge is 0.0824 e. The summed E-state index contributed by atoms with van der Waals surface area (Å²) in [5.41, 5.74) is 2.04. The molecule has 0 heterocycles. The molecule has 0 aromatic heterocycles. The molecular formula is C22H10Cl12. The minimum Gasteiger partial charge on any atom is -0.0824 e. The molecular weight excluding hydrogens is 690 g/mol. The Kier molecular flexibility index (Phi) is 9.69. The van der Waals surface area contributed by atoms with Gasteiger partial charge in [0.15, 0.2) is 0 Å². The normalized spacial score (nSPS) is 11.6. The van der Waals surface area contributed by atoms with Crippen LogP contribution < -0.4 is 0 Å². The molecule has 0 aliphatic heterocycles. The molecule has 0 spiro atoms. The molecule has 3 aromatic rings. The van der Waals surface area contributed by atoms with Crippen molar-refractivity contribution >= 4 is 139 Å². The van der Waals surface area contributed by atoms with Gasteiger partial charge in [0.05, 0.1) is 60.3 Å². The molecule has 0 saturated carbocycles. The van der Waals surface area contributed by atoms with Gasteiger partial charge in [0.25, 0.3) is 0 Å². The predicted molar refractivity (Wildman–Crippen MR) is 155 cm³/mol. The van der Waals surface area contributed by atoms with Crippen LogP contribution >= 0.6 is 139 Å². The molecule has 0 saturated heterocycles. The second-order valence-corrected chi connectivity index (χ2v) is 11.9. The van der Waals surface area contributed by atoms with Gasteiger partial charge >= 0.3 is 0 Å². The van der Waals surface area contributed by atoms with Gasteiger partial charge in [-0.2, -0.15) is 0 Å². The Hall–Kier alpha value is 1.14. The Morgan fingerprint density at radius 2 is 0.441 bits per heavy atom. The summed E-state index contributed by atoms with van der Waals surface area (Å²) >= 11 is 79.3. The monoisotopic (exact) mass is 694 g/mol. The average molecular weight is 700 g/mol. The van der Waals surface area contributed by atoms with Crippen molar-refractivity contribution in [1.29, 1.82) is 0 Å². The summed E-state index contributed by atoms with van der Waals surface area (Å²) in [4.78, 5) is 0. The van der Waals surface area contributed by atoms with Crippen LogP contribution in [0.4, 0.5) is 0 Å². The van der Waals surface area contributed by atoms with Crippen molar-refractivity contribution in [1.82, 2.24) is 0 Å². The molecule has 0 atom stereocenters. The lowest BCUT2D eigenvalue weighted by Crippen LogP contribution is -2.11. The van der Waals surface area contributed by atoms with E-state index in [2.05, 4.69) is 0 Å². The molecule has 0 amide bonds. The SMILES string of the molecule is Cc1c(Cl)c(Cl)c(C(c2c(Cl)c(Cl)c(C)c(Cl)c2Cl)c2c(Cl)c(Cl)c(C)c(Cl)c2Cl)c(Cl)c1Cl. The summed E-state index contributed by atoms with van der Waals surface area (Å²) in [6.07, 6.45) is 0. The molecule has 0 aliphatic rings. The van der Waals surface area contributed by atoms with Crippen molar-refractivity contribution in [3.8, 4) is 0 Å². The van der Waals surface area contributed by atoms with Crippen LogP contribution in [0.1, 0.15) is 39.3 Å². The number of benzene rings is 3. The molecule has 0 N–H and O–H groups in total. The minimum absolute atomic E-state index is 0.0680. The molecule has 3 aromatic carbocycles. The van der Waals surface area contributed by atoms with Crippen molar-refractivity contribution in [3.05, 3.63) is 93.7 Å². The van der Waals surface area contributed by atoms with E-state index in [1.165, 1.54) is 0 Å². The lowest BCUT2D eigenvalue weighted by atomic mass is 9.83. The fraction of sp³-hybridized carbons (Fsp3) is 0.182. The topological polar surface area (TPSA) is 0 Å². The van der Waals surface area contributed by atoms with Crippen LogP contribution in [-0.2, 0) is 0 Å². The highest BCUT2D eigenvalue weighted by molar-refractivity contribution is 6.52. The average Bonchev–Trinajstić information content (AvgIpc) is 2.81. The van der Waals surface area contributed by atoms with Crippen LogP contribution in [0.3, 0.4) is 0 Å². The van der Waals surface area contributed by atoms with Crippen LogP contribution in [0.2, 0.25) is 60.3 Å². The zero-order valence-corrected chi connectivity index (χ0v) is 26.2. The summed E-state index contributed by atoms with van der Waals surface area (Å²) in [5, 5.41) is 1.35. The Morgan fingerprint density at radius 3 is 0.588 bits per heavy atom. The number of hydrogen-bond donors (Lipinski definition) is 0. The Morgan fingerprint density at radius 1 is 0.294 bits per heavy atom. The predicted octanol–water partition coefficient (Wildman–Crippen LogP) is 13.6. The molecule has 182 valence electrons. The number of halogens is 12. The molecule has 34 heavy (non-hydrogen) atoms. The van der Waals surface area contributed by atoms with Crippen molar-refractivity contribution in [2.24, 2.45) is 0 Å². The zero-order chi connectivity index (χ0) is 26.0. The van der Waals surface area contributed by atoms with Crippen LogP contribution in [0, 0.1) is 20.8 Å². The van der Waals surface area contributed by atoms with Gasteiger partial charge in [-0.25, -0.2) is 0 Å². The second-order valence-electron chi connectivity index (χ2n) is 7.32. The van der Waals surface area contributed by atoms with E-state index in [-0.39, 0.29) is 77.0 Å². The van der Waals surface area contributed by atoms with Crippen LogP contribution in [0.5, 0.6) is 0 Å². The highest BCUT2D eigenvalue weighted by Crippen LogP contribution is 2.56. The van der Waals surface area contributed by atoms with E-state index < -0.39 is 5.92 Å². The van der Waals surface area contributed by atoms with E-state index in [1.807, 2.05) is 0 Å². The second kappa shape index (κ2) is 11.1. The minimum atomic E-state index is -1.07. The summed E-state index contributed by atoms with van der Waals surface area (Å²) < 4.78 is 0. The molecule has 12 heteroatoms. The molecule has 3 rings (SSSR count). The third-order valence-electron chi connectivity index (χ3n) is 5.42. The molecule has 0 bridgehead atoms. The third-order valence-corrected chi connectivity index (χ3v) is 11.2. The van der Waals surface area contributed by atoms with Crippen molar-refractivity contribution in [3.63, 3.8) is 0 Å². The first-order chi connectivity index (χ1) is 15.7. The summed E-state index contributed by atoms with van der Waals surface area (Å²) in [6, 6.07) is 0. The number of hydrogen-bond acceptors (Lipinski definition) is 0.